The Labute approximate surface area is 103 Å². The van der Waals surface area contributed by atoms with Crippen LogP contribution in [0.4, 0.5) is 5.82 Å². The van der Waals surface area contributed by atoms with E-state index in [0.29, 0.717) is 13.0 Å². The Morgan fingerprint density at radius 3 is 3.00 bits per heavy atom. The largest absolute Gasteiger partial charge is 0.409 e. The molecule has 88 valence electrons. The number of pyridine rings is 1. The van der Waals surface area contributed by atoms with Crippen molar-refractivity contribution in [1.82, 2.24) is 4.98 Å². The summed E-state index contributed by atoms with van der Waals surface area (Å²) in [6.45, 7) is 3.52. The first-order chi connectivity index (χ1) is 7.69. The SMILES string of the molecule is CCN(CCC(N)=NO)c1ncccc1Br. The summed E-state index contributed by atoms with van der Waals surface area (Å²) in [4.78, 5) is 6.35. The predicted octanol–water partition coefficient (Wildman–Crippen LogP) is 1.81. The first-order valence-electron chi connectivity index (χ1n) is 5.01. The highest BCUT2D eigenvalue weighted by atomic mass is 79.9. The molecule has 0 radical (unpaired) electrons. The van der Waals surface area contributed by atoms with Crippen molar-refractivity contribution >= 4 is 27.6 Å². The van der Waals surface area contributed by atoms with Gasteiger partial charge in [0.25, 0.3) is 0 Å². The molecule has 0 atom stereocenters. The molecule has 0 aromatic carbocycles. The van der Waals surface area contributed by atoms with Gasteiger partial charge in [0.1, 0.15) is 11.7 Å². The molecule has 1 aromatic rings. The Hall–Kier alpha value is -1.30. The lowest BCUT2D eigenvalue weighted by Crippen LogP contribution is -2.28. The van der Waals surface area contributed by atoms with Crippen molar-refractivity contribution in [3.8, 4) is 0 Å². The number of anilines is 1. The van der Waals surface area contributed by atoms with E-state index in [9.17, 15) is 0 Å². The van der Waals surface area contributed by atoms with Gasteiger partial charge in [-0.05, 0) is 35.0 Å². The van der Waals surface area contributed by atoms with Gasteiger partial charge < -0.3 is 15.8 Å². The van der Waals surface area contributed by atoms with Crippen LogP contribution in [0.2, 0.25) is 0 Å². The van der Waals surface area contributed by atoms with E-state index in [-0.39, 0.29) is 5.84 Å². The Bertz CT molecular complexity index is 370. The summed E-state index contributed by atoms with van der Waals surface area (Å²) in [6, 6.07) is 3.81. The molecule has 6 heteroatoms. The van der Waals surface area contributed by atoms with Crippen molar-refractivity contribution in [2.75, 3.05) is 18.0 Å². The van der Waals surface area contributed by atoms with Gasteiger partial charge in [-0.3, -0.25) is 0 Å². The summed E-state index contributed by atoms with van der Waals surface area (Å²) >= 11 is 3.45. The molecular formula is C10H15BrN4O. The van der Waals surface area contributed by atoms with Gasteiger partial charge in [0, 0.05) is 25.7 Å². The van der Waals surface area contributed by atoms with E-state index < -0.39 is 0 Å². The molecule has 1 rings (SSSR count). The van der Waals surface area contributed by atoms with Gasteiger partial charge in [0.05, 0.1) is 4.47 Å². The zero-order chi connectivity index (χ0) is 12.0. The molecule has 5 nitrogen and oxygen atoms in total. The highest BCUT2D eigenvalue weighted by molar-refractivity contribution is 9.10. The summed E-state index contributed by atoms with van der Waals surface area (Å²) in [5.74, 6) is 1.10. The van der Waals surface area contributed by atoms with Crippen molar-refractivity contribution in [2.24, 2.45) is 10.9 Å². The minimum atomic E-state index is 0.227. The van der Waals surface area contributed by atoms with E-state index in [1.165, 1.54) is 0 Å². The highest BCUT2D eigenvalue weighted by Gasteiger charge is 2.09. The van der Waals surface area contributed by atoms with Gasteiger partial charge in [-0.2, -0.15) is 0 Å². The van der Waals surface area contributed by atoms with E-state index in [0.717, 1.165) is 16.8 Å². The first-order valence-corrected chi connectivity index (χ1v) is 5.80. The highest BCUT2D eigenvalue weighted by Crippen LogP contribution is 2.22. The third kappa shape index (κ3) is 3.37. The van der Waals surface area contributed by atoms with E-state index >= 15 is 0 Å². The molecule has 1 heterocycles. The molecule has 16 heavy (non-hydrogen) atoms. The molecule has 0 aliphatic rings. The second-order valence-electron chi connectivity index (χ2n) is 3.23. The van der Waals surface area contributed by atoms with Crippen molar-refractivity contribution in [3.63, 3.8) is 0 Å². The van der Waals surface area contributed by atoms with E-state index in [1.54, 1.807) is 6.20 Å². The van der Waals surface area contributed by atoms with Gasteiger partial charge in [-0.1, -0.05) is 5.16 Å². The number of rotatable bonds is 5. The van der Waals surface area contributed by atoms with E-state index in [1.807, 2.05) is 19.1 Å². The number of amidine groups is 1. The fraction of sp³-hybridized carbons (Fsp3) is 0.400. The monoisotopic (exact) mass is 286 g/mol. The summed E-state index contributed by atoms with van der Waals surface area (Å²) in [6.07, 6.45) is 2.25. The second kappa shape index (κ2) is 6.32. The Morgan fingerprint density at radius 2 is 2.44 bits per heavy atom. The van der Waals surface area contributed by atoms with Gasteiger partial charge in [-0.25, -0.2) is 4.98 Å². The van der Waals surface area contributed by atoms with Crippen LogP contribution in [0.3, 0.4) is 0 Å². The quantitative estimate of drug-likeness (QED) is 0.375. The molecule has 0 saturated carbocycles. The van der Waals surface area contributed by atoms with Crippen LogP contribution in [0.5, 0.6) is 0 Å². The summed E-state index contributed by atoms with van der Waals surface area (Å²) < 4.78 is 0.941. The predicted molar refractivity (Wildman–Crippen MR) is 67.8 cm³/mol. The lowest BCUT2D eigenvalue weighted by molar-refractivity contribution is 0.317. The number of hydrogen-bond donors (Lipinski definition) is 2. The molecule has 0 bridgehead atoms. The molecule has 0 amide bonds. The molecule has 0 saturated heterocycles. The Kier molecular flexibility index (Phi) is 5.04. The molecule has 0 aliphatic carbocycles. The molecule has 0 spiro atoms. The van der Waals surface area contributed by atoms with Crippen LogP contribution in [0, 0.1) is 0 Å². The number of nitrogens with zero attached hydrogens (tertiary/aromatic N) is 3. The average molecular weight is 287 g/mol. The van der Waals surface area contributed by atoms with Crippen LogP contribution in [-0.4, -0.2) is 29.1 Å². The molecule has 0 fully saturated rings. The smallest absolute Gasteiger partial charge is 0.142 e. The Morgan fingerprint density at radius 1 is 1.69 bits per heavy atom. The summed E-state index contributed by atoms with van der Waals surface area (Å²) in [5.41, 5.74) is 5.43. The summed E-state index contributed by atoms with van der Waals surface area (Å²) in [7, 11) is 0. The Balaban J connectivity index is 2.71. The number of oxime groups is 1. The fourth-order valence-corrected chi connectivity index (χ4v) is 1.83. The zero-order valence-corrected chi connectivity index (χ0v) is 10.7. The molecule has 3 N–H and O–H groups in total. The topological polar surface area (TPSA) is 74.7 Å². The van der Waals surface area contributed by atoms with E-state index in [4.69, 9.17) is 10.9 Å². The van der Waals surface area contributed by atoms with Crippen LogP contribution < -0.4 is 10.6 Å². The molecule has 1 aromatic heterocycles. The van der Waals surface area contributed by atoms with Gasteiger partial charge >= 0.3 is 0 Å². The normalized spacial score (nSPS) is 11.5. The first kappa shape index (κ1) is 12.8. The van der Waals surface area contributed by atoms with Crippen molar-refractivity contribution in [2.45, 2.75) is 13.3 Å². The maximum atomic E-state index is 8.47. The fourth-order valence-electron chi connectivity index (χ4n) is 1.32. The standard InChI is InChI=1S/C10H15BrN4O/c1-2-15(7-5-9(12)14-16)10-8(11)4-3-6-13-10/h3-4,6,16H,2,5,7H2,1H3,(H2,12,14). The van der Waals surface area contributed by atoms with Crippen LogP contribution in [0.25, 0.3) is 0 Å². The molecular weight excluding hydrogens is 272 g/mol. The summed E-state index contributed by atoms with van der Waals surface area (Å²) in [5, 5.41) is 11.4. The maximum Gasteiger partial charge on any atom is 0.142 e. The van der Waals surface area contributed by atoms with Crippen LogP contribution in [0.15, 0.2) is 28.0 Å². The van der Waals surface area contributed by atoms with Crippen molar-refractivity contribution in [3.05, 3.63) is 22.8 Å². The second-order valence-corrected chi connectivity index (χ2v) is 4.08. The number of aromatic nitrogens is 1. The lowest BCUT2D eigenvalue weighted by atomic mass is 10.3. The average Bonchev–Trinajstić information content (AvgIpc) is 2.31. The zero-order valence-electron chi connectivity index (χ0n) is 9.10. The lowest BCUT2D eigenvalue weighted by Gasteiger charge is -2.22. The minimum absolute atomic E-state index is 0.227. The van der Waals surface area contributed by atoms with Gasteiger partial charge in [-0.15, -0.1) is 0 Å². The molecule has 0 unspecified atom stereocenters. The third-order valence-corrected chi connectivity index (χ3v) is 2.81. The minimum Gasteiger partial charge on any atom is -0.409 e. The third-order valence-electron chi connectivity index (χ3n) is 2.19. The number of nitrogens with two attached hydrogens (primary N) is 1. The van der Waals surface area contributed by atoms with Gasteiger partial charge in [0.2, 0.25) is 0 Å². The number of halogens is 1. The van der Waals surface area contributed by atoms with Crippen molar-refractivity contribution < 1.29 is 5.21 Å². The maximum absolute atomic E-state index is 8.47. The van der Waals surface area contributed by atoms with E-state index in [2.05, 4.69) is 31.0 Å². The molecule has 0 aliphatic heterocycles. The van der Waals surface area contributed by atoms with Gasteiger partial charge in [0.15, 0.2) is 0 Å². The number of hydrogen-bond acceptors (Lipinski definition) is 4. The van der Waals surface area contributed by atoms with Crippen LogP contribution >= 0.6 is 15.9 Å². The van der Waals surface area contributed by atoms with Crippen LogP contribution in [-0.2, 0) is 0 Å². The van der Waals surface area contributed by atoms with Crippen LogP contribution in [0.1, 0.15) is 13.3 Å². The van der Waals surface area contributed by atoms with Crippen molar-refractivity contribution in [1.29, 1.82) is 0 Å².